The van der Waals surface area contributed by atoms with Gasteiger partial charge < -0.3 is 15.0 Å². The third-order valence-corrected chi connectivity index (χ3v) is 6.75. The largest absolute Gasteiger partial charge is 0.435 e. The number of nitrogens with two attached hydrogens (primary N) is 1. The van der Waals surface area contributed by atoms with E-state index in [2.05, 4.69) is 14.9 Å². The number of thioether (sulfide) groups is 1. The van der Waals surface area contributed by atoms with Gasteiger partial charge in [-0.05, 0) is 63.9 Å². The number of ketones is 1. The molecule has 1 aliphatic rings. The maximum atomic E-state index is 13.3. The summed E-state index contributed by atoms with van der Waals surface area (Å²) in [5.74, 6) is 0.495. The van der Waals surface area contributed by atoms with Crippen LogP contribution in [0.2, 0.25) is 0 Å². The second-order valence-corrected chi connectivity index (χ2v) is 9.59. The molecule has 1 atom stereocenters. The van der Waals surface area contributed by atoms with Crippen molar-refractivity contribution in [3.8, 4) is 11.4 Å². The summed E-state index contributed by atoms with van der Waals surface area (Å²) in [6.45, 7) is 2.58. The molecule has 34 heavy (non-hydrogen) atoms. The van der Waals surface area contributed by atoms with Crippen LogP contribution in [0, 0.1) is 13.8 Å². The molecule has 1 fully saturated rings. The fourth-order valence-electron chi connectivity index (χ4n) is 3.95. The van der Waals surface area contributed by atoms with E-state index in [0.717, 1.165) is 35.7 Å². The van der Waals surface area contributed by atoms with Crippen molar-refractivity contribution in [2.75, 3.05) is 0 Å². The Morgan fingerprint density at radius 1 is 1.21 bits per heavy atom. The molecule has 0 bridgehead atoms. The maximum absolute atomic E-state index is 13.3. The average Bonchev–Trinajstić information content (AvgIpc) is 3.48. The number of primary amides is 1. The molecule has 1 amide bonds. The zero-order valence-corrected chi connectivity index (χ0v) is 19.8. The molecule has 2 N–H and O–H groups in total. The third kappa shape index (κ3) is 4.98. The molecule has 11 heteroatoms. The standard InChI is InChI=1S/C23H25F2N5O3S/c1-12-10-18(13(2)30(12)16-6-8-17(9-7-16)33-22(24)25)20(32)14(3)34-23-28-27-21(15-4-5-15)29(23)11-19(26)31/h6-10,14-15,22H,4-5,11H2,1-3H3,(H2,26,31). The number of carbonyl (C=O) groups is 2. The van der Waals surface area contributed by atoms with Crippen LogP contribution in [0.3, 0.4) is 0 Å². The van der Waals surface area contributed by atoms with Gasteiger partial charge in [-0.15, -0.1) is 10.2 Å². The molecular formula is C23H25F2N5O3S. The summed E-state index contributed by atoms with van der Waals surface area (Å²) < 4.78 is 32.9. The van der Waals surface area contributed by atoms with E-state index >= 15 is 0 Å². The SMILES string of the molecule is Cc1cc(C(=O)C(C)Sc2nnc(C3CC3)n2CC(N)=O)c(C)n1-c1ccc(OC(F)F)cc1. The third-order valence-electron chi connectivity index (χ3n) is 5.67. The van der Waals surface area contributed by atoms with Crippen LogP contribution in [0.25, 0.3) is 5.69 Å². The number of hydrogen-bond donors (Lipinski definition) is 1. The molecule has 0 spiro atoms. The lowest BCUT2D eigenvalue weighted by Crippen LogP contribution is -2.22. The first-order chi connectivity index (χ1) is 16.2. The van der Waals surface area contributed by atoms with Crippen LogP contribution < -0.4 is 10.5 Å². The Labute approximate surface area is 199 Å². The van der Waals surface area contributed by atoms with Crippen LogP contribution in [0.4, 0.5) is 8.78 Å². The van der Waals surface area contributed by atoms with Crippen molar-refractivity contribution >= 4 is 23.5 Å². The van der Waals surface area contributed by atoms with Gasteiger partial charge in [-0.25, -0.2) is 0 Å². The number of halogens is 2. The number of alkyl halides is 2. The van der Waals surface area contributed by atoms with Crippen LogP contribution in [-0.4, -0.2) is 42.9 Å². The number of amides is 1. The molecule has 1 unspecified atom stereocenters. The average molecular weight is 490 g/mol. The molecule has 2 aromatic heterocycles. The van der Waals surface area contributed by atoms with Gasteiger partial charge in [0, 0.05) is 28.6 Å². The van der Waals surface area contributed by atoms with Crippen molar-refractivity contribution in [3.63, 3.8) is 0 Å². The lowest BCUT2D eigenvalue weighted by atomic mass is 10.1. The molecule has 1 saturated carbocycles. The van der Waals surface area contributed by atoms with Crippen LogP contribution in [0.5, 0.6) is 5.75 Å². The van der Waals surface area contributed by atoms with Gasteiger partial charge in [0.15, 0.2) is 10.9 Å². The minimum atomic E-state index is -2.89. The van der Waals surface area contributed by atoms with Crippen molar-refractivity contribution in [3.05, 3.63) is 53.1 Å². The van der Waals surface area contributed by atoms with Gasteiger partial charge in [0.25, 0.3) is 0 Å². The number of aryl methyl sites for hydroxylation is 1. The highest BCUT2D eigenvalue weighted by Gasteiger charge is 2.32. The predicted octanol–water partition coefficient (Wildman–Crippen LogP) is 4.01. The number of hydrogen-bond acceptors (Lipinski definition) is 6. The summed E-state index contributed by atoms with van der Waals surface area (Å²) in [4.78, 5) is 24.9. The minimum Gasteiger partial charge on any atom is -0.435 e. The summed E-state index contributed by atoms with van der Waals surface area (Å²) in [5, 5.41) is 8.45. The van der Waals surface area contributed by atoms with E-state index in [1.165, 1.54) is 23.9 Å². The topological polar surface area (TPSA) is 105 Å². The van der Waals surface area contributed by atoms with E-state index in [4.69, 9.17) is 5.73 Å². The molecule has 8 nitrogen and oxygen atoms in total. The summed E-state index contributed by atoms with van der Waals surface area (Å²) >= 11 is 1.24. The molecule has 2 heterocycles. The van der Waals surface area contributed by atoms with Gasteiger partial charge in [0.05, 0.1) is 5.25 Å². The van der Waals surface area contributed by atoms with Crippen LogP contribution in [0.1, 0.15) is 53.3 Å². The van der Waals surface area contributed by atoms with E-state index in [1.807, 2.05) is 24.5 Å². The van der Waals surface area contributed by atoms with Gasteiger partial charge in [0.1, 0.15) is 18.1 Å². The lowest BCUT2D eigenvalue weighted by molar-refractivity contribution is -0.118. The molecule has 1 aromatic carbocycles. The molecule has 3 aromatic rings. The summed E-state index contributed by atoms with van der Waals surface area (Å²) in [6.07, 6.45) is 1.99. The Bertz CT molecular complexity index is 1220. The van der Waals surface area contributed by atoms with Gasteiger partial charge in [-0.3, -0.25) is 14.2 Å². The highest BCUT2D eigenvalue weighted by molar-refractivity contribution is 8.00. The van der Waals surface area contributed by atoms with Gasteiger partial charge in [-0.1, -0.05) is 11.8 Å². The van der Waals surface area contributed by atoms with E-state index < -0.39 is 17.8 Å². The Hall–Kier alpha value is -3.21. The smallest absolute Gasteiger partial charge is 0.387 e. The summed E-state index contributed by atoms with van der Waals surface area (Å²) in [6, 6.07) is 8.06. The minimum absolute atomic E-state index is 0.0259. The second-order valence-electron chi connectivity index (χ2n) is 8.28. The Morgan fingerprint density at radius 3 is 2.47 bits per heavy atom. The van der Waals surface area contributed by atoms with Crippen LogP contribution in [0.15, 0.2) is 35.5 Å². The van der Waals surface area contributed by atoms with Crippen molar-refractivity contribution in [1.29, 1.82) is 0 Å². The first kappa shape index (κ1) is 23.9. The Kier molecular flexibility index (Phi) is 6.74. The molecular weight excluding hydrogens is 464 g/mol. The molecule has 1 aliphatic carbocycles. The van der Waals surface area contributed by atoms with E-state index in [9.17, 15) is 18.4 Å². The zero-order chi connectivity index (χ0) is 24.6. The van der Waals surface area contributed by atoms with E-state index in [1.54, 1.807) is 23.6 Å². The molecule has 0 aliphatic heterocycles. The molecule has 0 radical (unpaired) electrons. The van der Waals surface area contributed by atoms with Gasteiger partial charge in [0.2, 0.25) is 5.91 Å². The van der Waals surface area contributed by atoms with Gasteiger partial charge >= 0.3 is 6.61 Å². The molecule has 4 rings (SSSR count). The highest BCUT2D eigenvalue weighted by Crippen LogP contribution is 2.40. The quantitative estimate of drug-likeness (QED) is 0.341. The normalized spacial score (nSPS) is 14.4. The van der Waals surface area contributed by atoms with Crippen LogP contribution >= 0.6 is 11.8 Å². The monoisotopic (exact) mass is 489 g/mol. The number of rotatable bonds is 10. The zero-order valence-electron chi connectivity index (χ0n) is 19.0. The number of carbonyl (C=O) groups excluding carboxylic acids is 2. The number of ether oxygens (including phenoxy) is 1. The van der Waals surface area contributed by atoms with Crippen LogP contribution in [-0.2, 0) is 11.3 Å². The van der Waals surface area contributed by atoms with Gasteiger partial charge in [-0.2, -0.15) is 8.78 Å². The fourth-order valence-corrected chi connectivity index (χ4v) is 4.88. The van der Waals surface area contributed by atoms with E-state index in [-0.39, 0.29) is 24.0 Å². The maximum Gasteiger partial charge on any atom is 0.387 e. The second kappa shape index (κ2) is 9.57. The van der Waals surface area contributed by atoms with Crippen molar-refractivity contribution in [2.45, 2.75) is 63.1 Å². The molecule has 0 saturated heterocycles. The fraction of sp³-hybridized carbons (Fsp3) is 0.391. The molecule has 180 valence electrons. The number of nitrogens with zero attached hydrogens (tertiary/aromatic N) is 4. The summed E-state index contributed by atoms with van der Waals surface area (Å²) in [5.41, 5.74) is 8.25. The lowest BCUT2D eigenvalue weighted by Gasteiger charge is -2.13. The van der Waals surface area contributed by atoms with Crippen molar-refractivity contribution in [1.82, 2.24) is 19.3 Å². The Morgan fingerprint density at radius 2 is 1.88 bits per heavy atom. The first-order valence-electron chi connectivity index (χ1n) is 10.8. The van der Waals surface area contributed by atoms with Crippen molar-refractivity contribution < 1.29 is 23.1 Å². The summed E-state index contributed by atoms with van der Waals surface area (Å²) in [7, 11) is 0. The Balaban J connectivity index is 1.55. The van der Waals surface area contributed by atoms with E-state index in [0.29, 0.717) is 10.7 Å². The number of benzene rings is 1. The van der Waals surface area contributed by atoms with Crippen molar-refractivity contribution in [2.24, 2.45) is 5.73 Å². The number of aromatic nitrogens is 4. The first-order valence-corrected chi connectivity index (χ1v) is 11.7. The predicted molar refractivity (Wildman–Crippen MR) is 123 cm³/mol. The highest BCUT2D eigenvalue weighted by atomic mass is 32.2. The number of Topliss-reactive ketones (excluding diaryl/α,β-unsaturated/α-hetero) is 1.